The summed E-state index contributed by atoms with van der Waals surface area (Å²) in [6, 6.07) is 61.2. The van der Waals surface area contributed by atoms with Gasteiger partial charge in [0.1, 0.15) is 0 Å². The monoisotopic (exact) mass is 650 g/mol. The minimum absolute atomic E-state index is 0.0573. The van der Waals surface area contributed by atoms with E-state index < -0.39 is 0 Å². The first-order valence-corrected chi connectivity index (χ1v) is 17.7. The van der Waals surface area contributed by atoms with Crippen LogP contribution in [0.15, 0.2) is 170 Å². The molecule has 0 saturated carbocycles. The Morgan fingerprint density at radius 2 is 1.02 bits per heavy atom. The highest BCUT2D eigenvalue weighted by atomic mass is 14.9. The van der Waals surface area contributed by atoms with Gasteiger partial charge in [0, 0.05) is 22.1 Å². The number of hydrogen-bond acceptors (Lipinski definition) is 2. The lowest BCUT2D eigenvalue weighted by atomic mass is 9.82. The minimum atomic E-state index is -0.0573. The predicted octanol–water partition coefficient (Wildman–Crippen LogP) is 12.9. The second kappa shape index (κ2) is 11.3. The van der Waals surface area contributed by atoms with Gasteiger partial charge in [-0.2, -0.15) is 0 Å². The number of fused-ring (bicyclic) bond motifs is 7. The lowest BCUT2D eigenvalue weighted by Gasteiger charge is -2.21. The Labute approximate surface area is 297 Å². The number of benzene rings is 8. The molecule has 2 nitrogen and oxygen atoms in total. The van der Waals surface area contributed by atoms with Crippen LogP contribution in [0.3, 0.4) is 0 Å². The zero-order valence-corrected chi connectivity index (χ0v) is 28.6. The zero-order valence-electron chi connectivity index (χ0n) is 28.6. The van der Waals surface area contributed by atoms with Crippen molar-refractivity contribution in [3.05, 3.63) is 181 Å². The van der Waals surface area contributed by atoms with E-state index in [0.29, 0.717) is 5.82 Å². The van der Waals surface area contributed by atoms with Crippen molar-refractivity contribution in [1.29, 1.82) is 0 Å². The van der Waals surface area contributed by atoms with E-state index in [1.54, 1.807) is 0 Å². The fourth-order valence-corrected chi connectivity index (χ4v) is 8.38. The molecule has 0 spiro atoms. The van der Waals surface area contributed by atoms with Crippen LogP contribution in [-0.4, -0.2) is 9.97 Å². The summed E-state index contributed by atoms with van der Waals surface area (Å²) in [6.07, 6.45) is 0. The Morgan fingerprint density at radius 1 is 0.373 bits per heavy atom. The van der Waals surface area contributed by atoms with Crippen LogP contribution < -0.4 is 0 Å². The van der Waals surface area contributed by atoms with E-state index in [1.807, 2.05) is 6.07 Å². The minimum Gasteiger partial charge on any atom is -0.228 e. The molecule has 10 rings (SSSR count). The van der Waals surface area contributed by atoms with Crippen LogP contribution >= 0.6 is 0 Å². The van der Waals surface area contributed by atoms with E-state index in [-0.39, 0.29) is 5.41 Å². The lowest BCUT2D eigenvalue weighted by molar-refractivity contribution is 0.660. The number of rotatable bonds is 4. The van der Waals surface area contributed by atoms with Crippen LogP contribution in [0.4, 0.5) is 0 Å². The highest BCUT2D eigenvalue weighted by Gasteiger charge is 2.36. The van der Waals surface area contributed by atoms with Crippen molar-refractivity contribution in [2.24, 2.45) is 0 Å². The molecule has 1 aliphatic carbocycles. The van der Waals surface area contributed by atoms with E-state index in [0.717, 1.165) is 28.1 Å². The fraction of sp³-hybridized carbons (Fsp3) is 0.0612. The van der Waals surface area contributed by atoms with Gasteiger partial charge in [-0.1, -0.05) is 166 Å². The summed E-state index contributed by atoms with van der Waals surface area (Å²) in [4.78, 5) is 10.6. The average molecular weight is 651 g/mol. The molecule has 0 amide bonds. The first-order valence-electron chi connectivity index (χ1n) is 17.7. The van der Waals surface area contributed by atoms with Crippen molar-refractivity contribution in [3.63, 3.8) is 0 Å². The highest BCUT2D eigenvalue weighted by Crippen LogP contribution is 2.52. The topological polar surface area (TPSA) is 25.8 Å². The van der Waals surface area contributed by atoms with Crippen molar-refractivity contribution in [3.8, 4) is 56.2 Å². The second-order valence-electron chi connectivity index (χ2n) is 14.2. The highest BCUT2D eigenvalue weighted by molar-refractivity contribution is 6.19. The number of hydrogen-bond donors (Lipinski definition) is 0. The summed E-state index contributed by atoms with van der Waals surface area (Å²) in [5, 5.41) is 7.26. The molecule has 0 atom stereocenters. The molecule has 0 radical (unpaired) electrons. The molecule has 8 aromatic carbocycles. The smallest absolute Gasteiger partial charge is 0.160 e. The summed E-state index contributed by atoms with van der Waals surface area (Å²) in [6.45, 7) is 4.68. The first-order chi connectivity index (χ1) is 25.0. The molecule has 1 aliphatic rings. The van der Waals surface area contributed by atoms with Crippen molar-refractivity contribution in [2.45, 2.75) is 19.3 Å². The molecule has 0 aliphatic heterocycles. The lowest BCUT2D eigenvalue weighted by Crippen LogP contribution is -2.14. The normalized spacial score (nSPS) is 13.1. The molecule has 0 N–H and O–H groups in total. The van der Waals surface area contributed by atoms with E-state index in [9.17, 15) is 0 Å². The summed E-state index contributed by atoms with van der Waals surface area (Å²) in [5.41, 5.74) is 12.8. The SMILES string of the molecule is CC1(C)c2ccccc2-c2c(-c3cccc(-c4cc(-c5c6ccccc6cc6c5ccc5ccccc56)nc(-c5ccccc5)n4)c3)cccc21. The van der Waals surface area contributed by atoms with Crippen LogP contribution in [-0.2, 0) is 5.41 Å². The Balaban J connectivity index is 1.22. The number of aromatic nitrogens is 2. The summed E-state index contributed by atoms with van der Waals surface area (Å²) >= 11 is 0. The Hall–Kier alpha value is -6.38. The van der Waals surface area contributed by atoms with Gasteiger partial charge < -0.3 is 0 Å². The predicted molar refractivity (Wildman–Crippen MR) is 214 cm³/mol. The molecule has 0 saturated heterocycles. The summed E-state index contributed by atoms with van der Waals surface area (Å²) in [5.74, 6) is 0.714. The first kappa shape index (κ1) is 29.5. The number of nitrogens with zero attached hydrogens (tertiary/aromatic N) is 2. The molecule has 0 unspecified atom stereocenters. The maximum Gasteiger partial charge on any atom is 0.160 e. The van der Waals surface area contributed by atoms with E-state index in [2.05, 4.69) is 178 Å². The van der Waals surface area contributed by atoms with Crippen molar-refractivity contribution >= 4 is 32.3 Å². The van der Waals surface area contributed by atoms with E-state index in [4.69, 9.17) is 9.97 Å². The third kappa shape index (κ3) is 4.64. The van der Waals surface area contributed by atoms with Gasteiger partial charge in [0.2, 0.25) is 0 Å². The van der Waals surface area contributed by atoms with Gasteiger partial charge >= 0.3 is 0 Å². The molecular weight excluding hydrogens is 617 g/mol. The summed E-state index contributed by atoms with van der Waals surface area (Å²) in [7, 11) is 0. The molecule has 0 bridgehead atoms. The average Bonchev–Trinajstić information content (AvgIpc) is 3.43. The second-order valence-corrected chi connectivity index (χ2v) is 14.2. The van der Waals surface area contributed by atoms with E-state index >= 15 is 0 Å². The van der Waals surface area contributed by atoms with Crippen LogP contribution in [0.5, 0.6) is 0 Å². The van der Waals surface area contributed by atoms with E-state index in [1.165, 1.54) is 65.7 Å². The quantitative estimate of drug-likeness (QED) is 0.140. The largest absolute Gasteiger partial charge is 0.228 e. The Kier molecular flexibility index (Phi) is 6.56. The van der Waals surface area contributed by atoms with Crippen molar-refractivity contribution < 1.29 is 0 Å². The van der Waals surface area contributed by atoms with Crippen LogP contribution in [0.1, 0.15) is 25.0 Å². The Bertz CT molecular complexity index is 2830. The maximum atomic E-state index is 5.34. The van der Waals surface area contributed by atoms with Gasteiger partial charge in [0.05, 0.1) is 11.4 Å². The van der Waals surface area contributed by atoms with Crippen LogP contribution in [0, 0.1) is 0 Å². The van der Waals surface area contributed by atoms with Gasteiger partial charge in [-0.3, -0.25) is 0 Å². The van der Waals surface area contributed by atoms with Crippen molar-refractivity contribution in [2.75, 3.05) is 0 Å². The standard InChI is InChI=1S/C49H34N2/c1-49(2)42-24-11-10-22-40(42)46-37(23-13-25-43(46)49)33-18-12-19-35(28-33)44-30-45(51-48(50-44)32-15-4-3-5-16-32)47-38-21-9-7-17-34(38)29-41-36-20-8-6-14-31(36)26-27-39(41)47/h3-30H,1-2H3. The van der Waals surface area contributed by atoms with Gasteiger partial charge in [0.25, 0.3) is 0 Å². The van der Waals surface area contributed by atoms with Crippen LogP contribution in [0.2, 0.25) is 0 Å². The molecule has 1 aromatic heterocycles. The molecule has 0 fully saturated rings. The van der Waals surface area contributed by atoms with Gasteiger partial charge in [-0.05, 0) is 83.9 Å². The van der Waals surface area contributed by atoms with Gasteiger partial charge in [-0.15, -0.1) is 0 Å². The third-order valence-corrected chi connectivity index (χ3v) is 10.9. The summed E-state index contributed by atoms with van der Waals surface area (Å²) < 4.78 is 0. The maximum absolute atomic E-state index is 5.34. The molecule has 2 heteroatoms. The zero-order chi connectivity index (χ0) is 34.1. The van der Waals surface area contributed by atoms with Gasteiger partial charge in [-0.25, -0.2) is 9.97 Å². The fourth-order valence-electron chi connectivity index (χ4n) is 8.38. The molecule has 1 heterocycles. The third-order valence-electron chi connectivity index (χ3n) is 10.9. The van der Waals surface area contributed by atoms with Gasteiger partial charge in [0.15, 0.2) is 5.82 Å². The molecule has 240 valence electrons. The molecular formula is C49H34N2. The molecule has 9 aromatic rings. The Morgan fingerprint density at radius 3 is 1.90 bits per heavy atom. The molecule has 51 heavy (non-hydrogen) atoms. The van der Waals surface area contributed by atoms with Crippen LogP contribution in [0.25, 0.3) is 88.5 Å². The van der Waals surface area contributed by atoms with Crippen molar-refractivity contribution in [1.82, 2.24) is 9.97 Å².